The zero-order valence-corrected chi connectivity index (χ0v) is 22.7. The van der Waals surface area contributed by atoms with Crippen molar-refractivity contribution in [1.29, 1.82) is 5.26 Å². The van der Waals surface area contributed by atoms with Crippen LogP contribution in [0.4, 0.5) is 4.39 Å². The van der Waals surface area contributed by atoms with E-state index in [0.717, 1.165) is 50.5 Å². The maximum Gasteiger partial charge on any atom is 0.371 e. The number of nitriles is 1. The quantitative estimate of drug-likeness (QED) is 0.312. The van der Waals surface area contributed by atoms with E-state index in [1.54, 1.807) is 18.2 Å². The second kappa shape index (κ2) is 11.0. The van der Waals surface area contributed by atoms with Crippen LogP contribution in [0.25, 0.3) is 11.2 Å². The van der Waals surface area contributed by atoms with Crippen LogP contribution >= 0.6 is 0 Å². The molecule has 3 aromatic heterocycles. The van der Waals surface area contributed by atoms with E-state index in [0.29, 0.717) is 35.8 Å². The third-order valence-corrected chi connectivity index (χ3v) is 8.11. The van der Waals surface area contributed by atoms with Gasteiger partial charge < -0.3 is 19.0 Å². The average Bonchev–Trinajstić information content (AvgIpc) is 3.50. The zero-order chi connectivity index (χ0) is 28.6. The van der Waals surface area contributed by atoms with Gasteiger partial charge in [0.25, 0.3) is 0 Å². The Morgan fingerprint density at radius 3 is 2.73 bits per heavy atom. The molecule has 0 aliphatic carbocycles. The number of fused-ring (bicyclic) bond motifs is 1. The highest BCUT2D eigenvalue weighted by Gasteiger charge is 2.34. The molecule has 0 bridgehead atoms. The van der Waals surface area contributed by atoms with Crippen molar-refractivity contribution in [3.05, 3.63) is 76.7 Å². The number of likely N-dealkylation sites (tertiary alicyclic amines) is 1. The van der Waals surface area contributed by atoms with E-state index in [4.69, 9.17) is 29.1 Å². The molecule has 6 rings (SSSR count). The first-order valence-corrected chi connectivity index (χ1v) is 13.7. The number of aromatic carboxylic acids is 1. The molecule has 0 radical (unpaired) electrons. The second-order valence-electron chi connectivity index (χ2n) is 10.9. The zero-order valence-electron chi connectivity index (χ0n) is 22.7. The van der Waals surface area contributed by atoms with Gasteiger partial charge in [0, 0.05) is 29.7 Å². The van der Waals surface area contributed by atoms with Crippen LogP contribution in [0.3, 0.4) is 0 Å². The number of furan rings is 1. The molecule has 0 unspecified atom stereocenters. The monoisotopic (exact) mass is 559 g/mol. The number of piperidine rings is 1. The van der Waals surface area contributed by atoms with Crippen molar-refractivity contribution in [3.8, 4) is 11.9 Å². The number of carboxylic acids is 1. The normalized spacial score (nSPS) is 18.6. The van der Waals surface area contributed by atoms with Gasteiger partial charge >= 0.3 is 5.97 Å². The van der Waals surface area contributed by atoms with Crippen LogP contribution in [0.2, 0.25) is 0 Å². The third-order valence-electron chi connectivity index (χ3n) is 8.11. The van der Waals surface area contributed by atoms with Gasteiger partial charge in [-0.15, -0.1) is 0 Å². The lowest BCUT2D eigenvalue weighted by Crippen LogP contribution is -2.41. The van der Waals surface area contributed by atoms with Gasteiger partial charge in [0.2, 0.25) is 17.4 Å². The molecule has 2 fully saturated rings. The van der Waals surface area contributed by atoms with E-state index in [-0.39, 0.29) is 29.4 Å². The van der Waals surface area contributed by atoms with E-state index in [9.17, 15) is 14.3 Å². The van der Waals surface area contributed by atoms with Gasteiger partial charge in [0.15, 0.2) is 0 Å². The number of benzene rings is 1. The van der Waals surface area contributed by atoms with Gasteiger partial charge in [-0.3, -0.25) is 9.47 Å². The van der Waals surface area contributed by atoms with E-state index in [1.807, 2.05) is 22.8 Å². The Labute approximate surface area is 235 Å². The predicted molar refractivity (Wildman–Crippen MR) is 145 cm³/mol. The molecular formula is C30H30FN5O5. The molecule has 11 heteroatoms. The minimum atomic E-state index is -1.11. The number of rotatable bonds is 9. The van der Waals surface area contributed by atoms with Gasteiger partial charge in [-0.25, -0.2) is 19.2 Å². The molecule has 4 aromatic rings. The topological polar surface area (TPSA) is 127 Å². The highest BCUT2D eigenvalue weighted by atomic mass is 19.1. The Balaban J connectivity index is 1.11. The minimum absolute atomic E-state index is 0.0217. The fraction of sp³-hybridized carbons (Fsp3) is 0.400. The van der Waals surface area contributed by atoms with E-state index < -0.39 is 11.8 Å². The van der Waals surface area contributed by atoms with Crippen molar-refractivity contribution in [2.75, 3.05) is 19.7 Å². The third kappa shape index (κ3) is 5.53. The first kappa shape index (κ1) is 26.9. The largest absolute Gasteiger partial charge is 0.475 e. The summed E-state index contributed by atoms with van der Waals surface area (Å²) in [4.78, 5) is 23.2. The molecule has 0 spiro atoms. The SMILES string of the molecule is CC1(c2cccc(OCc3ccc(C#N)cc3F)n2)CCN(Cc2nc3cc(C(=O)O)oc3n2C[C@@H]2CCO2)CC1. The number of aromatic nitrogens is 3. The van der Waals surface area contributed by atoms with Gasteiger partial charge in [0.1, 0.15) is 23.8 Å². The summed E-state index contributed by atoms with van der Waals surface area (Å²) >= 11 is 0. The van der Waals surface area contributed by atoms with Crippen LogP contribution in [-0.4, -0.2) is 56.3 Å². The molecule has 2 saturated heterocycles. The summed E-state index contributed by atoms with van der Waals surface area (Å²) in [7, 11) is 0. The van der Waals surface area contributed by atoms with Crippen LogP contribution in [0.5, 0.6) is 5.88 Å². The van der Waals surface area contributed by atoms with Crippen molar-refractivity contribution in [2.45, 2.75) is 57.4 Å². The summed E-state index contributed by atoms with van der Waals surface area (Å²) in [6, 6.07) is 13.4. The maximum absolute atomic E-state index is 14.3. The van der Waals surface area contributed by atoms with E-state index in [1.165, 1.54) is 12.1 Å². The standard InChI is InChI=1S/C30H30FN5O5/c1-30(25-3-2-4-27(34-25)40-18-20-6-5-19(15-32)13-22(20)31)8-10-35(11-9-30)17-26-33-23-14-24(29(37)38)41-28(23)36(26)16-21-7-12-39-21/h2-6,13-14,21H,7-12,16-18H2,1H3,(H,37,38)/t21-/m0/s1. The molecule has 2 aliphatic rings. The number of hydrogen-bond acceptors (Lipinski definition) is 8. The number of ether oxygens (including phenoxy) is 2. The Morgan fingerprint density at radius 1 is 1.24 bits per heavy atom. The van der Waals surface area contributed by atoms with Crippen molar-refractivity contribution in [2.24, 2.45) is 0 Å². The molecule has 1 aromatic carbocycles. The first-order valence-electron chi connectivity index (χ1n) is 13.7. The van der Waals surface area contributed by atoms with Crippen molar-refractivity contribution in [3.63, 3.8) is 0 Å². The fourth-order valence-electron chi connectivity index (χ4n) is 5.39. The lowest BCUT2D eigenvalue weighted by atomic mass is 9.77. The molecule has 41 heavy (non-hydrogen) atoms. The average molecular weight is 560 g/mol. The predicted octanol–water partition coefficient (Wildman–Crippen LogP) is 4.65. The molecular weight excluding hydrogens is 529 g/mol. The number of carbonyl (C=O) groups is 1. The Morgan fingerprint density at radius 2 is 2.05 bits per heavy atom. The second-order valence-corrected chi connectivity index (χ2v) is 10.9. The summed E-state index contributed by atoms with van der Waals surface area (Å²) in [6.07, 6.45) is 2.77. The molecule has 0 saturated carbocycles. The smallest absolute Gasteiger partial charge is 0.371 e. The minimum Gasteiger partial charge on any atom is -0.475 e. The van der Waals surface area contributed by atoms with Gasteiger partial charge in [-0.1, -0.05) is 19.1 Å². The van der Waals surface area contributed by atoms with Gasteiger partial charge in [0.05, 0.1) is 36.5 Å². The number of pyridine rings is 1. The van der Waals surface area contributed by atoms with E-state index in [2.05, 4.69) is 11.8 Å². The lowest BCUT2D eigenvalue weighted by molar-refractivity contribution is -0.0595. The van der Waals surface area contributed by atoms with E-state index >= 15 is 0 Å². The van der Waals surface area contributed by atoms with Crippen LogP contribution in [0, 0.1) is 17.1 Å². The molecule has 5 heterocycles. The molecule has 2 aliphatic heterocycles. The van der Waals surface area contributed by atoms with Crippen LogP contribution in [0.15, 0.2) is 46.9 Å². The molecule has 0 amide bonds. The first-order chi connectivity index (χ1) is 19.8. The number of imidazole rings is 1. The number of halogens is 1. The fourth-order valence-corrected chi connectivity index (χ4v) is 5.39. The van der Waals surface area contributed by atoms with Crippen LogP contribution in [0.1, 0.15) is 59.4 Å². The summed E-state index contributed by atoms with van der Waals surface area (Å²) in [5.74, 6) is -0.449. The summed E-state index contributed by atoms with van der Waals surface area (Å²) in [5, 5.41) is 18.3. The van der Waals surface area contributed by atoms with Gasteiger partial charge in [-0.2, -0.15) is 5.26 Å². The lowest BCUT2D eigenvalue weighted by Gasteiger charge is -2.39. The molecule has 1 atom stereocenters. The Kier molecular flexibility index (Phi) is 7.19. The Hall–Kier alpha value is -4.27. The maximum atomic E-state index is 14.3. The highest BCUT2D eigenvalue weighted by molar-refractivity contribution is 5.89. The van der Waals surface area contributed by atoms with Crippen LogP contribution in [-0.2, 0) is 29.8 Å². The van der Waals surface area contributed by atoms with Crippen molar-refractivity contribution < 1.29 is 28.2 Å². The molecule has 1 N–H and O–H groups in total. The molecule has 212 valence electrons. The number of nitrogens with zero attached hydrogens (tertiary/aromatic N) is 5. The highest BCUT2D eigenvalue weighted by Crippen LogP contribution is 2.35. The number of carboxylic acid groups (broad SMARTS) is 1. The van der Waals surface area contributed by atoms with Crippen LogP contribution < -0.4 is 4.74 Å². The van der Waals surface area contributed by atoms with Crippen molar-refractivity contribution in [1.82, 2.24) is 19.4 Å². The molecule has 10 nitrogen and oxygen atoms in total. The number of hydrogen-bond donors (Lipinski definition) is 1. The summed E-state index contributed by atoms with van der Waals surface area (Å²) in [5.41, 5.74) is 2.41. The Bertz CT molecular complexity index is 1630. The summed E-state index contributed by atoms with van der Waals surface area (Å²) < 4.78 is 33.3. The van der Waals surface area contributed by atoms with Crippen molar-refractivity contribution >= 4 is 17.2 Å². The van der Waals surface area contributed by atoms with Gasteiger partial charge in [-0.05, 0) is 50.6 Å². The summed E-state index contributed by atoms with van der Waals surface area (Å²) in [6.45, 7) is 5.80.